The first kappa shape index (κ1) is 101. The molecule has 0 aromatic rings. The lowest BCUT2D eigenvalue weighted by atomic mass is 9.99. The molecule has 0 saturated heterocycles. The van der Waals surface area contributed by atoms with Crippen LogP contribution in [0.5, 0.6) is 0 Å². The molecule has 3 N–H and O–H groups in total. The average Bonchev–Trinajstić information content (AvgIpc) is 0.914. The van der Waals surface area contributed by atoms with Crippen molar-refractivity contribution < 1.29 is 80.2 Å². The summed E-state index contributed by atoms with van der Waals surface area (Å²) in [4.78, 5) is 73.2. The van der Waals surface area contributed by atoms with Gasteiger partial charge >= 0.3 is 39.5 Å². The van der Waals surface area contributed by atoms with E-state index >= 15 is 0 Å². The predicted octanol–water partition coefficient (Wildman–Crippen LogP) is 25.3. The van der Waals surface area contributed by atoms with Crippen molar-refractivity contribution in [3.63, 3.8) is 0 Å². The van der Waals surface area contributed by atoms with Gasteiger partial charge in [0.15, 0.2) is 12.2 Å². The number of unbranched alkanes of at least 4 members (excludes halogenated alkanes) is 49. The molecule has 0 spiro atoms. The molecule has 17 nitrogen and oxygen atoms in total. The van der Waals surface area contributed by atoms with Crippen LogP contribution < -0.4 is 0 Å². The maximum absolute atomic E-state index is 13.1. The van der Waals surface area contributed by atoms with Gasteiger partial charge in [-0.1, -0.05) is 389 Å². The first-order valence-electron chi connectivity index (χ1n) is 43.4. The summed E-state index contributed by atoms with van der Waals surface area (Å²) in [5.74, 6) is 0.307. The van der Waals surface area contributed by atoms with Gasteiger partial charge in [0.2, 0.25) is 0 Å². The van der Waals surface area contributed by atoms with Gasteiger partial charge in [0, 0.05) is 25.7 Å². The van der Waals surface area contributed by atoms with Gasteiger partial charge in [-0.15, -0.1) is 0 Å². The van der Waals surface area contributed by atoms with Crippen LogP contribution in [-0.2, 0) is 65.4 Å². The third-order valence-corrected chi connectivity index (χ3v) is 21.9. The quantitative estimate of drug-likeness (QED) is 0.0222. The maximum Gasteiger partial charge on any atom is 0.472 e. The van der Waals surface area contributed by atoms with Crippen LogP contribution in [-0.4, -0.2) is 96.7 Å². The highest BCUT2D eigenvalue weighted by Crippen LogP contribution is 2.45. The Hall–Kier alpha value is -1.94. The van der Waals surface area contributed by atoms with Gasteiger partial charge in [-0.25, -0.2) is 9.13 Å². The van der Waals surface area contributed by atoms with Crippen molar-refractivity contribution in [3.05, 3.63) is 0 Å². The van der Waals surface area contributed by atoms with E-state index in [1.807, 2.05) is 0 Å². The summed E-state index contributed by atoms with van der Waals surface area (Å²) in [7, 11) is -9.93. The third kappa shape index (κ3) is 76.6. The van der Waals surface area contributed by atoms with Crippen molar-refractivity contribution in [2.24, 2.45) is 17.8 Å². The Morgan fingerprint density at radius 3 is 0.738 bits per heavy atom. The number of phosphoric ester groups is 2. The van der Waals surface area contributed by atoms with Gasteiger partial charge < -0.3 is 33.8 Å². The molecule has 0 fully saturated rings. The molecule has 103 heavy (non-hydrogen) atoms. The minimum Gasteiger partial charge on any atom is -0.462 e. The number of carbonyl (C=O) groups excluding carboxylic acids is 4. The summed E-state index contributed by atoms with van der Waals surface area (Å²) < 4.78 is 68.9. The second kappa shape index (κ2) is 74.2. The molecule has 0 radical (unpaired) electrons. The second-order valence-corrected chi connectivity index (χ2v) is 34.3. The van der Waals surface area contributed by atoms with Crippen molar-refractivity contribution in [1.29, 1.82) is 0 Å². The first-order chi connectivity index (χ1) is 49.8. The zero-order chi connectivity index (χ0) is 75.8. The SMILES string of the molecule is CCCCCCCCCCCCCCCC(=O)OC[C@H](COP(=O)(O)OC[C@H](O)COP(=O)(O)OC[C@@H](COC(=O)CCCCCCCCCCCCCCCCCC(C)C)OC(=O)CCCCCCCCCCCCCCCCCC(C)C)OC(=O)CCCCCCCCCCCCC(C)CC. The number of phosphoric acid groups is 2. The lowest BCUT2D eigenvalue weighted by Crippen LogP contribution is -2.30. The Bertz CT molecular complexity index is 1990. The highest BCUT2D eigenvalue weighted by molar-refractivity contribution is 7.47. The molecule has 0 aliphatic rings. The summed E-state index contributed by atoms with van der Waals surface area (Å²) in [5, 5.41) is 10.7. The predicted molar refractivity (Wildman–Crippen MR) is 423 cm³/mol. The Kier molecular flexibility index (Phi) is 72.8. The second-order valence-electron chi connectivity index (χ2n) is 31.4. The number of aliphatic hydroxyl groups excluding tert-OH is 1. The highest BCUT2D eigenvalue weighted by atomic mass is 31.2. The van der Waals surface area contributed by atoms with Crippen LogP contribution in [0.25, 0.3) is 0 Å². The van der Waals surface area contributed by atoms with E-state index in [4.69, 9.17) is 37.0 Å². The molecule has 0 rings (SSSR count). The average molecular weight is 1510 g/mol. The summed E-state index contributed by atoms with van der Waals surface area (Å²) in [6.45, 7) is 12.0. The van der Waals surface area contributed by atoms with E-state index in [9.17, 15) is 43.2 Å². The van der Waals surface area contributed by atoms with Crippen molar-refractivity contribution in [2.75, 3.05) is 39.6 Å². The van der Waals surface area contributed by atoms with Crippen LogP contribution in [0.4, 0.5) is 0 Å². The largest absolute Gasteiger partial charge is 0.472 e. The molecule has 19 heteroatoms. The van der Waals surface area contributed by atoms with Crippen LogP contribution in [0.2, 0.25) is 0 Å². The zero-order valence-electron chi connectivity index (χ0n) is 67.8. The van der Waals surface area contributed by atoms with Gasteiger partial charge in [0.25, 0.3) is 0 Å². The number of hydrogen-bond acceptors (Lipinski definition) is 15. The molecular formula is C84H164O17P2. The van der Waals surface area contributed by atoms with Crippen molar-refractivity contribution in [3.8, 4) is 0 Å². The van der Waals surface area contributed by atoms with E-state index < -0.39 is 97.5 Å². The Balaban J connectivity index is 5.27. The number of ether oxygens (including phenoxy) is 4. The molecule has 0 bridgehead atoms. The van der Waals surface area contributed by atoms with E-state index in [-0.39, 0.29) is 25.7 Å². The molecule has 612 valence electrons. The van der Waals surface area contributed by atoms with Crippen molar-refractivity contribution in [1.82, 2.24) is 0 Å². The van der Waals surface area contributed by atoms with Crippen LogP contribution in [0.15, 0.2) is 0 Å². The van der Waals surface area contributed by atoms with E-state index in [1.54, 1.807) is 0 Å². The molecule has 6 atom stereocenters. The van der Waals surface area contributed by atoms with Gasteiger partial charge in [-0.3, -0.25) is 37.3 Å². The maximum atomic E-state index is 13.1. The topological polar surface area (TPSA) is 237 Å². The van der Waals surface area contributed by atoms with Gasteiger partial charge in [-0.05, 0) is 43.4 Å². The van der Waals surface area contributed by atoms with E-state index in [0.717, 1.165) is 108 Å². The van der Waals surface area contributed by atoms with Gasteiger partial charge in [-0.2, -0.15) is 0 Å². The Morgan fingerprint density at radius 2 is 0.495 bits per heavy atom. The van der Waals surface area contributed by atoms with E-state index in [2.05, 4.69) is 48.5 Å². The Morgan fingerprint density at radius 1 is 0.282 bits per heavy atom. The summed E-state index contributed by atoms with van der Waals surface area (Å²) in [5.41, 5.74) is 0. The van der Waals surface area contributed by atoms with Crippen LogP contribution in [0, 0.1) is 17.8 Å². The van der Waals surface area contributed by atoms with E-state index in [1.165, 1.54) is 250 Å². The first-order valence-corrected chi connectivity index (χ1v) is 46.4. The fourth-order valence-corrected chi connectivity index (χ4v) is 14.6. The third-order valence-electron chi connectivity index (χ3n) is 20.0. The Labute approximate surface area is 632 Å². The monoisotopic (exact) mass is 1510 g/mol. The van der Waals surface area contributed by atoms with E-state index in [0.29, 0.717) is 25.7 Å². The zero-order valence-corrected chi connectivity index (χ0v) is 69.6. The summed E-state index contributed by atoms with van der Waals surface area (Å²) in [6, 6.07) is 0. The summed E-state index contributed by atoms with van der Waals surface area (Å²) >= 11 is 0. The van der Waals surface area contributed by atoms with Crippen molar-refractivity contribution in [2.45, 2.75) is 458 Å². The fraction of sp³-hybridized carbons (Fsp3) is 0.952. The van der Waals surface area contributed by atoms with Gasteiger partial charge in [0.1, 0.15) is 19.3 Å². The lowest BCUT2D eigenvalue weighted by molar-refractivity contribution is -0.161. The summed E-state index contributed by atoms with van der Waals surface area (Å²) in [6.07, 6.45) is 63.6. The highest BCUT2D eigenvalue weighted by Gasteiger charge is 2.30. The molecule has 0 amide bonds. The number of carbonyl (C=O) groups is 4. The minimum atomic E-state index is -4.97. The van der Waals surface area contributed by atoms with Crippen LogP contribution in [0.3, 0.4) is 0 Å². The fourth-order valence-electron chi connectivity index (χ4n) is 13.0. The number of esters is 4. The number of aliphatic hydroxyl groups is 1. The molecule has 0 aliphatic carbocycles. The smallest absolute Gasteiger partial charge is 0.462 e. The minimum absolute atomic E-state index is 0.107. The molecule has 0 saturated carbocycles. The number of rotatable bonds is 82. The van der Waals surface area contributed by atoms with Gasteiger partial charge in [0.05, 0.1) is 26.4 Å². The van der Waals surface area contributed by atoms with Crippen LogP contribution in [0.1, 0.15) is 440 Å². The molecule has 0 heterocycles. The van der Waals surface area contributed by atoms with Crippen LogP contribution >= 0.6 is 15.6 Å². The molecule has 0 aliphatic heterocycles. The molecule has 0 aromatic heterocycles. The lowest BCUT2D eigenvalue weighted by Gasteiger charge is -2.21. The molecule has 3 unspecified atom stereocenters. The molecular weight excluding hydrogens is 1340 g/mol. The number of hydrogen-bond donors (Lipinski definition) is 3. The van der Waals surface area contributed by atoms with Crippen molar-refractivity contribution >= 4 is 39.5 Å². The molecule has 0 aromatic carbocycles. The standard InChI is InChI=1S/C84H164O17P2/c1-8-10-11-12-13-14-15-22-29-37-44-51-58-65-81(86)94-72-80(101-84(89)68-61-54-47-40-33-32-36-43-50-57-64-77(7)9-2)74-99-103(92,93)97-70-78(85)69-96-102(90,91)98-73-79(100-83(88)67-60-53-46-39-31-26-21-17-19-24-28-35-42-49-56-63-76(5)6)71-95-82(87)66-59-52-45-38-30-25-20-16-18-23-27-34-41-48-55-62-75(3)4/h75-80,85H,8-74H2,1-7H3,(H,90,91)(H,92,93)/t77?,78-,79-,80-/m1/s1. The normalized spacial score (nSPS) is 14.2.